The van der Waals surface area contributed by atoms with Gasteiger partial charge in [-0.3, -0.25) is 0 Å². The van der Waals surface area contributed by atoms with E-state index in [4.69, 9.17) is 0 Å². The van der Waals surface area contributed by atoms with Crippen molar-refractivity contribution >= 4 is 21.5 Å². The zero-order valence-electron chi connectivity index (χ0n) is 18.7. The van der Waals surface area contributed by atoms with E-state index in [0.717, 1.165) is 43.8 Å². The average molecular weight is 399 g/mol. The van der Waals surface area contributed by atoms with Crippen molar-refractivity contribution < 1.29 is 10.2 Å². The van der Waals surface area contributed by atoms with Gasteiger partial charge in [0.25, 0.3) is 0 Å². The first-order valence-electron chi connectivity index (χ1n) is 10.5. The van der Waals surface area contributed by atoms with Crippen molar-refractivity contribution in [3.05, 3.63) is 71.8 Å². The number of rotatable bonds is 1. The lowest BCUT2D eigenvalue weighted by atomic mass is 9.79. The van der Waals surface area contributed by atoms with Crippen LogP contribution in [-0.2, 0) is 10.8 Å². The summed E-state index contributed by atoms with van der Waals surface area (Å²) >= 11 is 0. The van der Waals surface area contributed by atoms with Crippen LogP contribution in [0.3, 0.4) is 0 Å². The van der Waals surface area contributed by atoms with E-state index in [9.17, 15) is 10.2 Å². The molecule has 154 valence electrons. The van der Waals surface area contributed by atoms with Gasteiger partial charge < -0.3 is 10.2 Å². The minimum Gasteiger partial charge on any atom is -0.507 e. The molecule has 0 saturated carbocycles. The third-order valence-corrected chi connectivity index (χ3v) is 5.94. The van der Waals surface area contributed by atoms with Crippen LogP contribution in [0.15, 0.2) is 60.7 Å². The van der Waals surface area contributed by atoms with Gasteiger partial charge in [-0.25, -0.2) is 0 Å². The Morgan fingerprint density at radius 3 is 1.10 bits per heavy atom. The first kappa shape index (κ1) is 20.3. The molecule has 0 saturated heterocycles. The Kier molecular flexibility index (Phi) is 4.58. The fourth-order valence-corrected chi connectivity index (χ4v) is 4.31. The van der Waals surface area contributed by atoms with Gasteiger partial charge in [0.1, 0.15) is 11.5 Å². The van der Waals surface area contributed by atoms with Crippen molar-refractivity contribution in [2.75, 3.05) is 0 Å². The summed E-state index contributed by atoms with van der Waals surface area (Å²) in [6.45, 7) is 12.7. The summed E-state index contributed by atoms with van der Waals surface area (Å²) < 4.78 is 0. The summed E-state index contributed by atoms with van der Waals surface area (Å²) in [6, 6.07) is 20.3. The lowest BCUT2D eigenvalue weighted by molar-refractivity contribution is 0.452. The molecule has 0 fully saturated rings. The predicted octanol–water partition coefficient (Wildman–Crippen LogP) is 7.67. The molecule has 0 aliphatic rings. The summed E-state index contributed by atoms with van der Waals surface area (Å²) in [6.07, 6.45) is 0. The largest absolute Gasteiger partial charge is 0.507 e. The van der Waals surface area contributed by atoms with Crippen molar-refractivity contribution in [1.82, 2.24) is 0 Å². The highest BCUT2D eigenvalue weighted by atomic mass is 16.3. The maximum absolute atomic E-state index is 11.1. The van der Waals surface area contributed by atoms with Gasteiger partial charge in [0.2, 0.25) is 0 Å². The van der Waals surface area contributed by atoms with Crippen LogP contribution in [0.4, 0.5) is 0 Å². The Hall–Kier alpha value is -3.00. The third kappa shape index (κ3) is 3.21. The molecule has 2 N–H and O–H groups in total. The van der Waals surface area contributed by atoms with Crippen LogP contribution in [0, 0.1) is 0 Å². The van der Waals surface area contributed by atoms with Gasteiger partial charge >= 0.3 is 0 Å². The molecule has 0 amide bonds. The number of hydrogen-bond acceptors (Lipinski definition) is 2. The highest BCUT2D eigenvalue weighted by Gasteiger charge is 2.25. The molecule has 0 bridgehead atoms. The fourth-order valence-electron chi connectivity index (χ4n) is 4.31. The van der Waals surface area contributed by atoms with Crippen molar-refractivity contribution in [3.63, 3.8) is 0 Å². The molecule has 4 rings (SSSR count). The minimum absolute atomic E-state index is 0.206. The zero-order valence-corrected chi connectivity index (χ0v) is 18.7. The molecular weight excluding hydrogens is 368 g/mol. The van der Waals surface area contributed by atoms with Crippen LogP contribution in [0.1, 0.15) is 52.7 Å². The number of phenols is 2. The van der Waals surface area contributed by atoms with Gasteiger partial charge in [-0.15, -0.1) is 0 Å². The Morgan fingerprint density at radius 2 is 0.800 bits per heavy atom. The summed E-state index contributed by atoms with van der Waals surface area (Å²) in [5.74, 6) is 0.696. The SMILES string of the molecule is CC(C)(C)c1cc(-c2cc(C(C)(C)C)c(O)c3ccccc23)c2ccccc2c1O. The normalized spacial score (nSPS) is 12.6. The van der Waals surface area contributed by atoms with Crippen LogP contribution < -0.4 is 0 Å². The standard InChI is InChI=1S/C28H30O2/c1-27(2,3)23-15-21(17-11-7-9-13-19(17)25(23)29)22-16-24(28(4,5)6)26(30)20-14-10-8-12-18(20)22/h7-16,29-30H,1-6H3. The Balaban J connectivity index is 2.21. The molecule has 30 heavy (non-hydrogen) atoms. The number of phenolic OH excluding ortho intramolecular Hbond substituents is 2. The molecule has 0 unspecified atom stereocenters. The number of benzene rings is 4. The first-order valence-corrected chi connectivity index (χ1v) is 10.5. The second kappa shape index (κ2) is 6.77. The van der Waals surface area contributed by atoms with Crippen molar-refractivity contribution in [2.24, 2.45) is 0 Å². The van der Waals surface area contributed by atoms with Crippen LogP contribution >= 0.6 is 0 Å². The van der Waals surface area contributed by atoms with Crippen molar-refractivity contribution in [2.45, 2.75) is 52.4 Å². The van der Waals surface area contributed by atoms with E-state index in [-0.39, 0.29) is 10.8 Å². The first-order chi connectivity index (χ1) is 14.0. The Bertz CT molecular complexity index is 1170. The topological polar surface area (TPSA) is 40.5 Å². The Labute approximate surface area is 178 Å². The van der Waals surface area contributed by atoms with E-state index in [1.165, 1.54) is 0 Å². The number of fused-ring (bicyclic) bond motifs is 2. The van der Waals surface area contributed by atoms with Crippen molar-refractivity contribution in [1.29, 1.82) is 0 Å². The molecule has 2 heteroatoms. The maximum atomic E-state index is 11.1. The molecule has 0 atom stereocenters. The second-order valence-corrected chi connectivity index (χ2v) is 10.2. The zero-order chi connectivity index (χ0) is 21.8. The molecule has 0 aliphatic carbocycles. The van der Waals surface area contributed by atoms with E-state index < -0.39 is 0 Å². The third-order valence-electron chi connectivity index (χ3n) is 5.94. The van der Waals surface area contributed by atoms with Crippen LogP contribution in [0.5, 0.6) is 11.5 Å². The fraction of sp³-hybridized carbons (Fsp3) is 0.286. The molecule has 0 aromatic heterocycles. The lowest BCUT2D eigenvalue weighted by Gasteiger charge is -2.26. The average Bonchev–Trinajstić information content (AvgIpc) is 2.67. The van der Waals surface area contributed by atoms with Gasteiger partial charge in [-0.1, -0.05) is 90.1 Å². The van der Waals surface area contributed by atoms with Crippen LogP contribution in [-0.4, -0.2) is 10.2 Å². The van der Waals surface area contributed by atoms with Gasteiger partial charge in [0, 0.05) is 21.9 Å². The summed E-state index contributed by atoms with van der Waals surface area (Å²) in [5.41, 5.74) is 3.59. The van der Waals surface area contributed by atoms with E-state index in [1.807, 2.05) is 36.4 Å². The second-order valence-electron chi connectivity index (χ2n) is 10.2. The van der Waals surface area contributed by atoms with Crippen molar-refractivity contribution in [3.8, 4) is 22.6 Å². The Morgan fingerprint density at radius 1 is 0.500 bits per heavy atom. The van der Waals surface area contributed by atoms with Gasteiger partial charge in [-0.2, -0.15) is 0 Å². The molecule has 0 heterocycles. The van der Waals surface area contributed by atoms with E-state index in [2.05, 4.69) is 65.8 Å². The molecule has 4 aromatic rings. The minimum atomic E-state index is -0.206. The molecule has 0 aliphatic heterocycles. The lowest BCUT2D eigenvalue weighted by Crippen LogP contribution is -2.13. The van der Waals surface area contributed by atoms with E-state index >= 15 is 0 Å². The summed E-state index contributed by atoms with van der Waals surface area (Å²) in [5, 5.41) is 25.9. The molecule has 0 radical (unpaired) electrons. The summed E-state index contributed by atoms with van der Waals surface area (Å²) in [7, 11) is 0. The maximum Gasteiger partial charge on any atom is 0.127 e. The van der Waals surface area contributed by atoms with E-state index in [1.54, 1.807) is 0 Å². The quantitative estimate of drug-likeness (QED) is 0.345. The summed E-state index contributed by atoms with van der Waals surface area (Å²) in [4.78, 5) is 0. The molecule has 4 aromatic carbocycles. The molecule has 2 nitrogen and oxygen atoms in total. The van der Waals surface area contributed by atoms with Crippen LogP contribution in [0.25, 0.3) is 32.7 Å². The number of aromatic hydroxyl groups is 2. The van der Waals surface area contributed by atoms with Gasteiger partial charge in [-0.05, 0) is 44.9 Å². The van der Waals surface area contributed by atoms with E-state index in [0.29, 0.717) is 11.5 Å². The molecular formula is C28H30O2. The highest BCUT2D eigenvalue weighted by molar-refractivity contribution is 6.09. The number of hydrogen-bond donors (Lipinski definition) is 2. The highest BCUT2D eigenvalue weighted by Crippen LogP contribution is 2.46. The smallest absolute Gasteiger partial charge is 0.127 e. The molecule has 0 spiro atoms. The monoisotopic (exact) mass is 398 g/mol. The van der Waals surface area contributed by atoms with Crippen LogP contribution in [0.2, 0.25) is 0 Å². The predicted molar refractivity (Wildman–Crippen MR) is 128 cm³/mol. The van der Waals surface area contributed by atoms with Gasteiger partial charge in [0.15, 0.2) is 0 Å². The van der Waals surface area contributed by atoms with Gasteiger partial charge in [0.05, 0.1) is 0 Å².